The molecule has 3 heteroatoms. The van der Waals surface area contributed by atoms with Crippen LogP contribution in [0.3, 0.4) is 0 Å². The number of hydrogen-bond donors (Lipinski definition) is 1. The van der Waals surface area contributed by atoms with E-state index in [1.807, 2.05) is 25.2 Å². The van der Waals surface area contributed by atoms with Crippen molar-refractivity contribution >= 4 is 0 Å². The van der Waals surface area contributed by atoms with Gasteiger partial charge in [-0.25, -0.2) is 0 Å². The molecule has 1 atom stereocenters. The van der Waals surface area contributed by atoms with Gasteiger partial charge in [0.25, 0.3) is 0 Å². The Morgan fingerprint density at radius 3 is 2.44 bits per heavy atom. The summed E-state index contributed by atoms with van der Waals surface area (Å²) in [4.78, 5) is 0. The van der Waals surface area contributed by atoms with E-state index in [1.54, 1.807) is 0 Å². The third-order valence-corrected chi connectivity index (χ3v) is 2.85. The van der Waals surface area contributed by atoms with Gasteiger partial charge in [-0.3, -0.25) is 0 Å². The van der Waals surface area contributed by atoms with Gasteiger partial charge in [0.2, 0.25) is 0 Å². The summed E-state index contributed by atoms with van der Waals surface area (Å²) >= 11 is 0. The third-order valence-electron chi connectivity index (χ3n) is 2.85. The second-order valence-electron chi connectivity index (χ2n) is 4.29. The van der Waals surface area contributed by atoms with Crippen LogP contribution in [0.15, 0.2) is 30.3 Å². The Balaban J connectivity index is 2.13. The summed E-state index contributed by atoms with van der Waals surface area (Å²) in [5.41, 5.74) is 1.26. The van der Waals surface area contributed by atoms with Crippen molar-refractivity contribution in [2.45, 2.75) is 25.8 Å². The summed E-state index contributed by atoms with van der Waals surface area (Å²) in [5, 5.41) is 3.26. The fourth-order valence-electron chi connectivity index (χ4n) is 1.70. The zero-order chi connectivity index (χ0) is 13.1. The topological polar surface area (TPSA) is 30.5 Å². The molecule has 1 unspecified atom stereocenters. The fourth-order valence-corrected chi connectivity index (χ4v) is 1.70. The van der Waals surface area contributed by atoms with Gasteiger partial charge >= 0.3 is 0 Å². The maximum Gasteiger partial charge on any atom is 0.0701 e. The molecule has 0 spiro atoms. The lowest BCUT2D eigenvalue weighted by molar-refractivity contribution is 0.0388. The highest BCUT2D eigenvalue weighted by Gasteiger charge is 2.07. The molecule has 18 heavy (non-hydrogen) atoms. The lowest BCUT2D eigenvalue weighted by Gasteiger charge is -2.16. The molecule has 0 aromatic heterocycles. The minimum Gasteiger partial charge on any atom is -0.379 e. The van der Waals surface area contributed by atoms with Gasteiger partial charge in [-0.05, 0) is 19.0 Å². The van der Waals surface area contributed by atoms with E-state index in [2.05, 4.69) is 24.4 Å². The number of likely N-dealkylation sites (N-methyl/N-ethyl adjacent to an activating group) is 1. The highest BCUT2D eigenvalue weighted by Crippen LogP contribution is 2.11. The van der Waals surface area contributed by atoms with Gasteiger partial charge < -0.3 is 14.8 Å². The maximum absolute atomic E-state index is 5.63. The molecule has 1 N–H and O–H groups in total. The highest BCUT2D eigenvalue weighted by molar-refractivity contribution is 5.18. The van der Waals surface area contributed by atoms with E-state index in [1.165, 1.54) is 12.0 Å². The first-order valence-electron chi connectivity index (χ1n) is 6.76. The monoisotopic (exact) mass is 251 g/mol. The molecule has 0 bridgehead atoms. The summed E-state index contributed by atoms with van der Waals surface area (Å²) in [7, 11) is 1.96. The smallest absolute Gasteiger partial charge is 0.0701 e. The lowest BCUT2D eigenvalue weighted by Crippen LogP contribution is -2.22. The van der Waals surface area contributed by atoms with E-state index in [9.17, 15) is 0 Å². The van der Waals surface area contributed by atoms with Crippen LogP contribution < -0.4 is 5.32 Å². The van der Waals surface area contributed by atoms with E-state index in [-0.39, 0.29) is 6.04 Å². The van der Waals surface area contributed by atoms with Crippen LogP contribution in [0.2, 0.25) is 0 Å². The van der Waals surface area contributed by atoms with E-state index in [0.717, 1.165) is 13.0 Å². The molecule has 1 aromatic rings. The number of benzene rings is 1. The van der Waals surface area contributed by atoms with E-state index < -0.39 is 0 Å². The summed E-state index contributed by atoms with van der Waals surface area (Å²) in [6, 6.07) is 10.6. The number of unbranched alkanes of at least 4 members (excludes halogenated alkanes) is 1. The van der Waals surface area contributed by atoms with Crippen molar-refractivity contribution in [3.8, 4) is 0 Å². The van der Waals surface area contributed by atoms with Crippen molar-refractivity contribution in [3.63, 3.8) is 0 Å². The van der Waals surface area contributed by atoms with Crippen molar-refractivity contribution in [2.75, 3.05) is 33.5 Å². The highest BCUT2D eigenvalue weighted by atomic mass is 16.5. The Kier molecular flexibility index (Phi) is 8.47. The van der Waals surface area contributed by atoms with Crippen LogP contribution in [0.25, 0.3) is 0 Å². The van der Waals surface area contributed by atoms with Crippen molar-refractivity contribution < 1.29 is 9.47 Å². The molecular formula is C15H25NO2. The lowest BCUT2D eigenvalue weighted by atomic mass is 10.1. The molecule has 1 rings (SSSR count). The summed E-state index contributed by atoms with van der Waals surface area (Å²) in [6.07, 6.45) is 2.31. The Hall–Kier alpha value is -0.900. The van der Waals surface area contributed by atoms with Gasteiger partial charge in [-0.2, -0.15) is 0 Å². The first-order chi connectivity index (χ1) is 8.88. The number of hydrogen-bond acceptors (Lipinski definition) is 3. The van der Waals surface area contributed by atoms with Gasteiger partial charge in [-0.1, -0.05) is 43.7 Å². The number of nitrogens with one attached hydrogen (secondary N) is 1. The Bertz CT molecular complexity index is 290. The zero-order valence-electron chi connectivity index (χ0n) is 11.5. The predicted molar refractivity (Wildman–Crippen MR) is 74.8 cm³/mol. The van der Waals surface area contributed by atoms with Crippen LogP contribution in [-0.2, 0) is 9.47 Å². The quantitative estimate of drug-likeness (QED) is 0.649. The summed E-state index contributed by atoms with van der Waals surface area (Å²) < 4.78 is 11.1. The Morgan fingerprint density at radius 1 is 1.06 bits per heavy atom. The molecule has 0 heterocycles. The van der Waals surface area contributed by atoms with Crippen LogP contribution >= 0.6 is 0 Å². The molecule has 0 saturated heterocycles. The molecule has 102 valence electrons. The average Bonchev–Trinajstić information content (AvgIpc) is 2.43. The minimum atomic E-state index is 0.252. The third kappa shape index (κ3) is 6.15. The van der Waals surface area contributed by atoms with Gasteiger partial charge in [0.15, 0.2) is 0 Å². The van der Waals surface area contributed by atoms with Crippen LogP contribution in [0.5, 0.6) is 0 Å². The van der Waals surface area contributed by atoms with E-state index >= 15 is 0 Å². The second kappa shape index (κ2) is 10.1. The molecule has 0 saturated carbocycles. The largest absolute Gasteiger partial charge is 0.379 e. The second-order valence-corrected chi connectivity index (χ2v) is 4.29. The van der Waals surface area contributed by atoms with Crippen LogP contribution in [0.1, 0.15) is 31.4 Å². The number of ether oxygens (including phenoxy) is 2. The van der Waals surface area contributed by atoms with Crippen molar-refractivity contribution in [1.29, 1.82) is 0 Å². The molecule has 0 aliphatic rings. The van der Waals surface area contributed by atoms with Crippen molar-refractivity contribution in [3.05, 3.63) is 35.9 Å². The summed E-state index contributed by atoms with van der Waals surface area (Å²) in [6.45, 7) is 5.03. The molecule has 3 nitrogen and oxygen atoms in total. The first kappa shape index (κ1) is 15.2. The average molecular weight is 251 g/mol. The predicted octanol–water partition coefficient (Wildman–Crippen LogP) is 2.78. The van der Waals surface area contributed by atoms with Crippen molar-refractivity contribution in [1.82, 2.24) is 5.32 Å². The number of rotatable bonds is 10. The van der Waals surface area contributed by atoms with E-state index in [0.29, 0.717) is 19.8 Å². The minimum absolute atomic E-state index is 0.252. The fraction of sp³-hybridized carbons (Fsp3) is 0.600. The molecule has 0 fully saturated rings. The standard InChI is InChI=1S/C15H25NO2/c1-3-4-10-17-11-12-18-13-15(16-2)14-8-6-5-7-9-14/h5-9,15-16H,3-4,10-13H2,1-2H3. The molecule has 0 aliphatic carbocycles. The van der Waals surface area contributed by atoms with E-state index in [4.69, 9.17) is 9.47 Å². The van der Waals surface area contributed by atoms with Crippen LogP contribution in [-0.4, -0.2) is 33.5 Å². The Labute approximate surface area is 110 Å². The first-order valence-corrected chi connectivity index (χ1v) is 6.76. The molecule has 1 aromatic carbocycles. The maximum atomic E-state index is 5.63. The van der Waals surface area contributed by atoms with Crippen LogP contribution in [0, 0.1) is 0 Å². The van der Waals surface area contributed by atoms with Gasteiger partial charge in [0.05, 0.1) is 25.9 Å². The normalized spacial score (nSPS) is 12.6. The van der Waals surface area contributed by atoms with Gasteiger partial charge in [0, 0.05) is 6.61 Å². The Morgan fingerprint density at radius 2 is 1.78 bits per heavy atom. The summed E-state index contributed by atoms with van der Waals surface area (Å²) in [5.74, 6) is 0. The van der Waals surface area contributed by atoms with Crippen LogP contribution in [0.4, 0.5) is 0 Å². The molecule has 0 aliphatic heterocycles. The SMILES string of the molecule is CCCCOCCOCC(NC)c1ccccc1. The van der Waals surface area contributed by atoms with Gasteiger partial charge in [0.1, 0.15) is 0 Å². The zero-order valence-corrected chi connectivity index (χ0v) is 11.5. The molecule has 0 radical (unpaired) electrons. The van der Waals surface area contributed by atoms with Crippen molar-refractivity contribution in [2.24, 2.45) is 0 Å². The molecular weight excluding hydrogens is 226 g/mol. The molecule has 0 amide bonds. The van der Waals surface area contributed by atoms with Gasteiger partial charge in [-0.15, -0.1) is 0 Å².